The number of benzene rings is 1. The van der Waals surface area contributed by atoms with Crippen LogP contribution in [-0.2, 0) is 14.9 Å². The molecule has 2 amide bonds. The maximum Gasteiger partial charge on any atom is 0.251 e. The number of nitrogens with one attached hydrogen (secondary N) is 2. The zero-order chi connectivity index (χ0) is 26.6. The summed E-state index contributed by atoms with van der Waals surface area (Å²) in [5, 5.41) is 17.3. The van der Waals surface area contributed by atoms with Gasteiger partial charge in [0.1, 0.15) is 0 Å². The fourth-order valence-electron chi connectivity index (χ4n) is 4.16. The van der Waals surface area contributed by atoms with E-state index >= 15 is 0 Å². The van der Waals surface area contributed by atoms with Crippen LogP contribution < -0.4 is 15.5 Å². The number of hydrogen-bond acceptors (Lipinski definition) is 8. The molecule has 9 nitrogen and oxygen atoms in total. The molecule has 1 aliphatic rings. The molecular formula is C27H33N5O4S. The predicted molar refractivity (Wildman–Crippen MR) is 145 cm³/mol. The van der Waals surface area contributed by atoms with Crippen LogP contribution in [0.3, 0.4) is 0 Å². The molecule has 3 aromatic rings. The predicted octanol–water partition coefficient (Wildman–Crippen LogP) is 3.46. The number of anilines is 2. The van der Waals surface area contributed by atoms with Crippen molar-refractivity contribution in [2.75, 3.05) is 36.5 Å². The zero-order valence-corrected chi connectivity index (χ0v) is 22.3. The van der Waals surface area contributed by atoms with E-state index in [1.807, 2.05) is 31.4 Å². The van der Waals surface area contributed by atoms with Gasteiger partial charge in [0.2, 0.25) is 5.91 Å². The van der Waals surface area contributed by atoms with Gasteiger partial charge in [0.15, 0.2) is 5.13 Å². The first-order valence-electron chi connectivity index (χ1n) is 12.3. The summed E-state index contributed by atoms with van der Waals surface area (Å²) in [5.74, 6) is -0.764. The Morgan fingerprint density at radius 3 is 2.68 bits per heavy atom. The molecule has 2 atom stereocenters. The summed E-state index contributed by atoms with van der Waals surface area (Å²) >= 11 is 1.33. The van der Waals surface area contributed by atoms with Crippen LogP contribution >= 0.6 is 11.3 Å². The summed E-state index contributed by atoms with van der Waals surface area (Å²) in [6.07, 6.45) is 1.86. The van der Waals surface area contributed by atoms with Crippen molar-refractivity contribution < 1.29 is 19.4 Å². The Kier molecular flexibility index (Phi) is 8.21. The van der Waals surface area contributed by atoms with E-state index in [0.29, 0.717) is 16.4 Å². The number of pyridine rings is 1. The van der Waals surface area contributed by atoms with Crippen LogP contribution in [0.1, 0.15) is 43.7 Å². The molecule has 0 bridgehead atoms. The first-order chi connectivity index (χ1) is 17.6. The average Bonchev–Trinajstić information content (AvgIpc) is 3.35. The molecule has 1 fully saturated rings. The van der Waals surface area contributed by atoms with Gasteiger partial charge in [-0.15, -0.1) is 11.3 Å². The van der Waals surface area contributed by atoms with Gasteiger partial charge in [-0.05, 0) is 38.1 Å². The molecular weight excluding hydrogens is 490 g/mol. The highest BCUT2D eigenvalue weighted by atomic mass is 32.1. The van der Waals surface area contributed by atoms with E-state index in [1.54, 1.807) is 12.1 Å². The number of hydrogen-bond donors (Lipinski definition) is 3. The van der Waals surface area contributed by atoms with Crippen molar-refractivity contribution in [3.8, 4) is 11.3 Å². The summed E-state index contributed by atoms with van der Waals surface area (Å²) < 4.78 is 5.85. The second kappa shape index (κ2) is 11.4. The van der Waals surface area contributed by atoms with Gasteiger partial charge in [-0.3, -0.25) is 14.6 Å². The Morgan fingerprint density at radius 2 is 1.95 bits per heavy atom. The van der Waals surface area contributed by atoms with Gasteiger partial charge < -0.3 is 25.4 Å². The molecule has 2 aromatic heterocycles. The Bertz CT molecular complexity index is 1250. The molecule has 196 valence electrons. The summed E-state index contributed by atoms with van der Waals surface area (Å²) in [6.45, 7) is 9.21. The monoisotopic (exact) mass is 523 g/mol. The maximum absolute atomic E-state index is 12.6. The molecule has 0 aliphatic carbocycles. The van der Waals surface area contributed by atoms with E-state index in [0.717, 1.165) is 30.0 Å². The Morgan fingerprint density at radius 1 is 1.19 bits per heavy atom. The van der Waals surface area contributed by atoms with Gasteiger partial charge in [0.25, 0.3) is 5.91 Å². The number of ether oxygens (including phenoxy) is 1. The van der Waals surface area contributed by atoms with E-state index < -0.39 is 11.3 Å². The molecule has 10 heteroatoms. The Labute approximate surface area is 220 Å². The number of rotatable bonds is 8. The van der Waals surface area contributed by atoms with E-state index in [9.17, 15) is 14.7 Å². The minimum absolute atomic E-state index is 0.0980. The van der Waals surface area contributed by atoms with E-state index in [1.165, 1.54) is 17.5 Å². The first-order valence-corrected chi connectivity index (χ1v) is 13.1. The number of carbonyl (C=O) groups is 2. The van der Waals surface area contributed by atoms with Crippen molar-refractivity contribution in [2.24, 2.45) is 0 Å². The highest BCUT2D eigenvalue weighted by Gasteiger charge is 2.24. The van der Waals surface area contributed by atoms with E-state index in [2.05, 4.69) is 51.5 Å². The number of aliphatic hydroxyl groups is 1. The fraction of sp³-hybridized carbons (Fsp3) is 0.407. The number of aromatic nitrogens is 2. The molecule has 0 saturated carbocycles. The van der Waals surface area contributed by atoms with Crippen molar-refractivity contribution in [2.45, 2.75) is 45.3 Å². The third-order valence-corrected chi connectivity index (χ3v) is 6.96. The lowest BCUT2D eigenvalue weighted by Crippen LogP contribution is -2.45. The minimum Gasteiger partial charge on any atom is -0.395 e. The van der Waals surface area contributed by atoms with Gasteiger partial charge in [0.05, 0.1) is 31.1 Å². The number of amides is 2. The SMILES string of the molecule is C[C@@H]1CN(c2cccc(-c3csc(NC(=O)CNC(=O)c4ccnc(C(C)(C)CO)c4)n3)c2)C[C@H](C)O1. The molecule has 1 aromatic carbocycles. The molecule has 4 rings (SSSR count). The normalized spacial score (nSPS) is 17.9. The van der Waals surface area contributed by atoms with E-state index in [4.69, 9.17) is 4.74 Å². The third kappa shape index (κ3) is 6.71. The zero-order valence-electron chi connectivity index (χ0n) is 21.5. The van der Waals surface area contributed by atoms with Gasteiger partial charge >= 0.3 is 0 Å². The molecule has 0 radical (unpaired) electrons. The number of nitrogens with zero attached hydrogens (tertiary/aromatic N) is 3. The average molecular weight is 524 g/mol. The van der Waals surface area contributed by atoms with Crippen molar-refractivity contribution in [1.82, 2.24) is 15.3 Å². The van der Waals surface area contributed by atoms with Gasteiger partial charge in [-0.25, -0.2) is 4.98 Å². The summed E-state index contributed by atoms with van der Waals surface area (Å²) in [6, 6.07) is 11.4. The van der Waals surface area contributed by atoms with Crippen molar-refractivity contribution in [3.63, 3.8) is 0 Å². The smallest absolute Gasteiger partial charge is 0.251 e. The highest BCUT2D eigenvalue weighted by molar-refractivity contribution is 7.14. The number of aliphatic hydroxyl groups excluding tert-OH is 1. The highest BCUT2D eigenvalue weighted by Crippen LogP contribution is 2.29. The number of carbonyl (C=O) groups excluding carboxylic acids is 2. The Balaban J connectivity index is 1.35. The Hall–Kier alpha value is -3.34. The van der Waals surface area contributed by atoms with Gasteiger partial charge in [-0.2, -0.15) is 0 Å². The van der Waals surface area contributed by atoms with Crippen molar-refractivity contribution in [1.29, 1.82) is 0 Å². The lowest BCUT2D eigenvalue weighted by Gasteiger charge is -2.37. The second-order valence-electron chi connectivity index (χ2n) is 9.95. The third-order valence-electron chi connectivity index (χ3n) is 6.20. The second-order valence-corrected chi connectivity index (χ2v) is 10.8. The fourth-order valence-corrected chi connectivity index (χ4v) is 4.90. The van der Waals surface area contributed by atoms with Crippen LogP contribution in [0.4, 0.5) is 10.8 Å². The van der Waals surface area contributed by atoms with Crippen LogP contribution in [0.25, 0.3) is 11.3 Å². The molecule has 1 saturated heterocycles. The molecule has 0 unspecified atom stereocenters. The maximum atomic E-state index is 12.6. The van der Waals surface area contributed by atoms with Crippen LogP contribution in [0.15, 0.2) is 48.0 Å². The van der Waals surface area contributed by atoms with Gasteiger partial charge in [-0.1, -0.05) is 26.0 Å². The van der Waals surface area contributed by atoms with Crippen molar-refractivity contribution in [3.05, 3.63) is 59.2 Å². The van der Waals surface area contributed by atoms with Crippen LogP contribution in [0.5, 0.6) is 0 Å². The molecule has 3 N–H and O–H groups in total. The van der Waals surface area contributed by atoms with Crippen LogP contribution in [0, 0.1) is 0 Å². The first kappa shape index (κ1) is 26.7. The van der Waals surface area contributed by atoms with Crippen LogP contribution in [0.2, 0.25) is 0 Å². The molecule has 0 spiro atoms. The lowest BCUT2D eigenvalue weighted by molar-refractivity contribution is -0.115. The molecule has 3 heterocycles. The number of thiazole rings is 1. The summed E-state index contributed by atoms with van der Waals surface area (Å²) in [4.78, 5) is 36.2. The minimum atomic E-state index is -0.575. The van der Waals surface area contributed by atoms with Gasteiger partial charge in [0, 0.05) is 52.6 Å². The quantitative estimate of drug-likeness (QED) is 0.414. The molecule has 37 heavy (non-hydrogen) atoms. The van der Waals surface area contributed by atoms with Crippen LogP contribution in [-0.4, -0.2) is 65.3 Å². The van der Waals surface area contributed by atoms with Crippen molar-refractivity contribution >= 4 is 34.0 Å². The largest absolute Gasteiger partial charge is 0.395 e. The summed E-state index contributed by atoms with van der Waals surface area (Å²) in [7, 11) is 0. The van der Waals surface area contributed by atoms with E-state index in [-0.39, 0.29) is 31.3 Å². The molecule has 1 aliphatic heterocycles. The standard InChI is InChI=1S/C27H33N5O4S/c1-17-13-32(14-18(2)36-17)21-7-5-6-19(10-21)22-15-37-26(30-22)31-24(34)12-29-25(35)20-8-9-28-23(11-20)27(3,4)16-33/h5-11,15,17-18,33H,12-14,16H2,1-4H3,(H,29,35)(H,30,31,34)/t17-,18+. The topological polar surface area (TPSA) is 117 Å². The summed E-state index contributed by atoms with van der Waals surface area (Å²) in [5.41, 5.74) is 3.26. The number of morpholine rings is 1. The lowest BCUT2D eigenvalue weighted by atomic mass is 9.89.